The van der Waals surface area contributed by atoms with E-state index in [1.54, 1.807) is 37.8 Å². The summed E-state index contributed by atoms with van der Waals surface area (Å²) in [6, 6.07) is 21.9. The summed E-state index contributed by atoms with van der Waals surface area (Å²) in [5.74, 6) is -0.859. The van der Waals surface area contributed by atoms with Gasteiger partial charge in [0.15, 0.2) is 0 Å². The number of carboxylic acids is 1. The summed E-state index contributed by atoms with van der Waals surface area (Å²) in [6.45, 7) is 3.75. The molecule has 1 heterocycles. The maximum Gasteiger partial charge on any atom is 0.0708 e. The molecule has 6 nitrogen and oxygen atoms in total. The van der Waals surface area contributed by atoms with Crippen LogP contribution in [-0.4, -0.2) is 28.3 Å². The first-order chi connectivity index (χ1) is 14.1. The zero-order chi connectivity index (χ0) is 21.8. The van der Waals surface area contributed by atoms with Crippen molar-refractivity contribution in [1.82, 2.24) is 4.98 Å². The summed E-state index contributed by atoms with van der Waals surface area (Å²) >= 11 is 1.61. The second-order valence-corrected chi connectivity index (χ2v) is 5.99. The zero-order valence-electron chi connectivity index (χ0n) is 17.5. The summed E-state index contributed by atoms with van der Waals surface area (Å²) in [6.07, 6.45) is 1.93. The van der Waals surface area contributed by atoms with Gasteiger partial charge in [0.25, 0.3) is 0 Å². The number of hydrogen-bond donors (Lipinski definition) is 2. The van der Waals surface area contributed by atoms with Crippen LogP contribution in [-0.2, 0) is 18.8 Å². The number of halogens is 1. The van der Waals surface area contributed by atoms with Crippen LogP contribution in [0, 0.1) is 13.8 Å². The van der Waals surface area contributed by atoms with Crippen molar-refractivity contribution in [3.63, 3.8) is 0 Å². The number of aliphatic hydroxyl groups is 1. The molecule has 0 aliphatic carbocycles. The van der Waals surface area contributed by atoms with E-state index in [1.807, 2.05) is 37.4 Å². The Bertz CT molecular complexity index is 1020. The van der Waals surface area contributed by atoms with E-state index < -0.39 is 5.97 Å². The molecular formula is C24H31ClN3O3Pt-2. The number of aromatic carboxylic acids is 1. The van der Waals surface area contributed by atoms with Crippen molar-refractivity contribution in [3.8, 4) is 0 Å². The van der Waals surface area contributed by atoms with Crippen LogP contribution in [0.3, 0.4) is 0 Å². The van der Waals surface area contributed by atoms with Gasteiger partial charge in [0.05, 0.1) is 11.1 Å². The Morgan fingerprint density at radius 2 is 1.41 bits per heavy atom. The third-order valence-electron chi connectivity index (χ3n) is 4.11. The largest absolute Gasteiger partial charge is 0.693 e. The van der Waals surface area contributed by atoms with Gasteiger partial charge in [-0.25, -0.2) is 4.79 Å². The van der Waals surface area contributed by atoms with Crippen LogP contribution in [0.15, 0.2) is 72.9 Å². The van der Waals surface area contributed by atoms with E-state index in [9.17, 15) is 4.79 Å². The Kier molecular flexibility index (Phi) is 19.5. The van der Waals surface area contributed by atoms with Crippen molar-refractivity contribution in [2.75, 3.05) is 7.11 Å². The second-order valence-electron chi connectivity index (χ2n) is 5.99. The minimum atomic E-state index is -0.859. The number of nitrogens with zero attached hydrogens (tertiary/aromatic N) is 1. The Morgan fingerprint density at radius 3 is 1.97 bits per heavy atom. The van der Waals surface area contributed by atoms with Gasteiger partial charge in [0.1, 0.15) is 0 Å². The van der Waals surface area contributed by atoms with Gasteiger partial charge in [0, 0.05) is 24.1 Å². The van der Waals surface area contributed by atoms with Crippen LogP contribution in [0.2, 0.25) is 0 Å². The molecule has 0 saturated carbocycles. The number of hydrogen-bond acceptors (Lipinski definition) is 3. The number of pyridine rings is 1. The molecule has 0 spiro atoms. The molecule has 6 N–H and O–H groups in total. The van der Waals surface area contributed by atoms with Gasteiger partial charge in [-0.15, -0.1) is 0 Å². The smallest absolute Gasteiger partial charge is 0.0708 e. The number of aliphatic hydroxyl groups excluding tert-OH is 1. The third kappa shape index (κ3) is 9.43. The van der Waals surface area contributed by atoms with E-state index in [4.69, 9.17) is 10.2 Å². The number of aryl methyl sites for hydroxylation is 2. The van der Waals surface area contributed by atoms with Gasteiger partial charge in [-0.3, -0.25) is 4.98 Å². The van der Waals surface area contributed by atoms with Gasteiger partial charge < -0.3 is 22.5 Å². The van der Waals surface area contributed by atoms with Gasteiger partial charge in [-0.1, -0.05) is 67.6 Å². The maximum atomic E-state index is 10.5. The molecule has 0 aliphatic rings. The average Bonchev–Trinajstić information content (AvgIpc) is 2.76. The molecule has 1 aromatic heterocycles. The van der Waals surface area contributed by atoms with E-state index in [0.717, 1.165) is 23.8 Å². The first kappa shape index (κ1) is 34.3. The SMILES string of the molecule is C.CO.Cc1ccc(C(=O)O)c(C)c1.[Cl][Pt].[NH2-].[NH2-].c1ccc2c(c1)cnc1ccccc12. The fraction of sp³-hybridized carbons (Fsp3) is 0.167. The van der Waals surface area contributed by atoms with Crippen molar-refractivity contribution in [1.29, 1.82) is 0 Å². The number of benzene rings is 3. The molecule has 8 heteroatoms. The van der Waals surface area contributed by atoms with E-state index in [-0.39, 0.29) is 19.7 Å². The predicted octanol–water partition coefficient (Wildman–Crippen LogP) is 7.76. The number of carbonyl (C=O) groups is 1. The number of aromatic nitrogens is 1. The summed E-state index contributed by atoms with van der Waals surface area (Å²) in [5, 5.41) is 19.4. The topological polar surface area (TPSA) is 137 Å². The van der Waals surface area contributed by atoms with Gasteiger partial charge in [0.2, 0.25) is 0 Å². The minimum absolute atomic E-state index is 0. The zero-order valence-corrected chi connectivity index (χ0v) is 20.6. The number of rotatable bonds is 1. The van der Waals surface area contributed by atoms with E-state index >= 15 is 0 Å². The number of para-hydroxylation sites is 1. The third-order valence-corrected chi connectivity index (χ3v) is 4.11. The summed E-state index contributed by atoms with van der Waals surface area (Å²) < 4.78 is 0. The molecule has 0 amide bonds. The van der Waals surface area contributed by atoms with Gasteiger partial charge >= 0.3 is 34.2 Å². The summed E-state index contributed by atoms with van der Waals surface area (Å²) in [4.78, 5) is 14.9. The van der Waals surface area contributed by atoms with Gasteiger partial charge in [-0.05, 0) is 36.9 Å². The quantitative estimate of drug-likeness (QED) is 0.206. The van der Waals surface area contributed by atoms with Crippen molar-refractivity contribution >= 4 is 37.1 Å². The van der Waals surface area contributed by atoms with Crippen molar-refractivity contribution in [2.24, 2.45) is 0 Å². The van der Waals surface area contributed by atoms with Crippen molar-refractivity contribution in [3.05, 3.63) is 102 Å². The van der Waals surface area contributed by atoms with Crippen LogP contribution in [0.5, 0.6) is 0 Å². The minimum Gasteiger partial charge on any atom is -0.693 e. The first-order valence-corrected chi connectivity index (χ1v) is 11.5. The van der Waals surface area contributed by atoms with Crippen molar-refractivity contribution in [2.45, 2.75) is 21.3 Å². The van der Waals surface area contributed by atoms with Crippen LogP contribution in [0.4, 0.5) is 0 Å². The fourth-order valence-corrected chi connectivity index (χ4v) is 2.86. The predicted molar refractivity (Wildman–Crippen MR) is 133 cm³/mol. The molecule has 0 aliphatic heterocycles. The van der Waals surface area contributed by atoms with E-state index in [0.29, 0.717) is 5.56 Å². The molecule has 0 bridgehead atoms. The Morgan fingerprint density at radius 1 is 0.875 bits per heavy atom. The second kappa shape index (κ2) is 18.3. The molecular weight excluding hydrogens is 609 g/mol. The average molecular weight is 640 g/mol. The van der Waals surface area contributed by atoms with Crippen LogP contribution in [0.1, 0.15) is 28.9 Å². The molecule has 179 valence electrons. The van der Waals surface area contributed by atoms with E-state index in [2.05, 4.69) is 44.7 Å². The molecule has 0 fully saturated rings. The molecule has 0 unspecified atom stereocenters. The number of fused-ring (bicyclic) bond motifs is 3. The Labute approximate surface area is 205 Å². The monoisotopic (exact) mass is 639 g/mol. The standard InChI is InChI=1S/C13H9N.C9H10O2.CH4O.CH4.ClH.2H2N.Pt/c1-2-6-11-10(5-1)9-14-13-8-4-3-7-12(11)13;1-6-3-4-8(9(10)11)7(2)5-6;1-2;;;;;/h1-9H;3-5H,1-2H3,(H,10,11);2H,1H3;1H4;1H;2*1H2;/q;;;;;2*-1;+1/p-1. The Balaban J connectivity index is -0.000000429. The molecule has 0 saturated heterocycles. The summed E-state index contributed by atoms with van der Waals surface area (Å²) in [5.41, 5.74) is 3.35. The molecule has 32 heavy (non-hydrogen) atoms. The number of carboxylic acid groups (broad SMARTS) is 1. The molecule has 3 aromatic carbocycles. The molecule has 0 radical (unpaired) electrons. The molecule has 4 rings (SSSR count). The van der Waals surface area contributed by atoms with Gasteiger partial charge in [-0.2, -0.15) is 0 Å². The normalized spacial score (nSPS) is 8.47. The van der Waals surface area contributed by atoms with E-state index in [1.165, 1.54) is 16.2 Å². The van der Waals surface area contributed by atoms with Crippen molar-refractivity contribution < 1.29 is 33.8 Å². The number of nitrogens with two attached hydrogens (primary N) is 2. The summed E-state index contributed by atoms with van der Waals surface area (Å²) in [7, 11) is 5.61. The Hall–Kier alpha value is -2.34. The first-order valence-electron chi connectivity index (χ1n) is 8.66. The van der Waals surface area contributed by atoms with Crippen LogP contribution >= 0.6 is 9.42 Å². The fourth-order valence-electron chi connectivity index (χ4n) is 2.86. The van der Waals surface area contributed by atoms with Crippen LogP contribution in [0.25, 0.3) is 34.0 Å². The maximum absolute atomic E-state index is 10.5. The molecule has 4 aromatic rings. The molecule has 0 atom stereocenters. The van der Waals surface area contributed by atoms with Crippen LogP contribution < -0.4 is 0 Å².